The third-order valence-electron chi connectivity index (χ3n) is 4.83. The lowest BCUT2D eigenvalue weighted by Gasteiger charge is -2.30. The molecule has 2 aliphatic rings. The molecule has 18 heavy (non-hydrogen) atoms. The monoisotopic (exact) mass is 311 g/mol. The fourth-order valence-corrected chi connectivity index (χ4v) is 4.43. The van der Waals surface area contributed by atoms with Gasteiger partial charge in [0.1, 0.15) is 5.82 Å². The first-order valence-corrected chi connectivity index (χ1v) is 7.60. The number of hydrogen-bond donors (Lipinski definition) is 1. The lowest BCUT2D eigenvalue weighted by atomic mass is 9.80. The Hall–Kier alpha value is -0.410. The van der Waals surface area contributed by atoms with E-state index in [1.165, 1.54) is 31.2 Å². The molecule has 0 aliphatic heterocycles. The van der Waals surface area contributed by atoms with Gasteiger partial charge in [-0.05, 0) is 77.7 Å². The van der Waals surface area contributed by atoms with E-state index >= 15 is 0 Å². The highest BCUT2D eigenvalue weighted by atomic mass is 79.9. The second kappa shape index (κ2) is 4.93. The van der Waals surface area contributed by atoms with E-state index in [1.54, 1.807) is 6.07 Å². The summed E-state index contributed by atoms with van der Waals surface area (Å²) in [5.74, 6) is 2.36. The molecule has 98 valence electrons. The van der Waals surface area contributed by atoms with Crippen molar-refractivity contribution < 1.29 is 4.39 Å². The molecule has 3 rings (SSSR count). The fourth-order valence-electron chi connectivity index (χ4n) is 4.04. The van der Waals surface area contributed by atoms with Gasteiger partial charge in [-0.25, -0.2) is 4.39 Å². The van der Waals surface area contributed by atoms with Gasteiger partial charge in [0.15, 0.2) is 0 Å². The van der Waals surface area contributed by atoms with Gasteiger partial charge >= 0.3 is 0 Å². The average Bonchev–Trinajstić information content (AvgIpc) is 2.97. The van der Waals surface area contributed by atoms with Crippen molar-refractivity contribution in [3.63, 3.8) is 0 Å². The van der Waals surface area contributed by atoms with E-state index in [1.807, 2.05) is 19.2 Å². The first-order chi connectivity index (χ1) is 8.69. The van der Waals surface area contributed by atoms with E-state index in [0.717, 1.165) is 17.8 Å². The zero-order valence-electron chi connectivity index (χ0n) is 10.6. The smallest absolute Gasteiger partial charge is 0.137 e. The van der Waals surface area contributed by atoms with E-state index in [0.29, 0.717) is 10.5 Å². The van der Waals surface area contributed by atoms with Crippen LogP contribution in [0.1, 0.15) is 37.3 Å². The topological polar surface area (TPSA) is 12.0 Å². The number of halogens is 2. The molecule has 0 spiro atoms. The normalized spacial score (nSPS) is 31.8. The van der Waals surface area contributed by atoms with Crippen molar-refractivity contribution in [1.82, 2.24) is 5.32 Å². The minimum Gasteiger partial charge on any atom is -0.313 e. The number of benzene rings is 1. The van der Waals surface area contributed by atoms with Crippen molar-refractivity contribution in [3.05, 3.63) is 34.1 Å². The van der Waals surface area contributed by atoms with Gasteiger partial charge in [0.2, 0.25) is 0 Å². The second-order valence-corrected chi connectivity index (χ2v) is 6.63. The van der Waals surface area contributed by atoms with Gasteiger partial charge in [0.25, 0.3) is 0 Å². The molecule has 4 unspecified atom stereocenters. The number of hydrogen-bond acceptors (Lipinski definition) is 1. The molecule has 1 aromatic rings. The summed E-state index contributed by atoms with van der Waals surface area (Å²) in [6, 6.07) is 5.80. The molecular formula is C15H19BrFN. The molecule has 2 aliphatic carbocycles. The summed E-state index contributed by atoms with van der Waals surface area (Å²) in [6.45, 7) is 0. The van der Waals surface area contributed by atoms with E-state index in [-0.39, 0.29) is 5.82 Å². The van der Waals surface area contributed by atoms with Crippen LogP contribution in [0.3, 0.4) is 0 Å². The molecule has 1 nitrogen and oxygen atoms in total. The maximum Gasteiger partial charge on any atom is 0.137 e. The zero-order valence-corrected chi connectivity index (χ0v) is 12.2. The number of fused-ring (bicyclic) bond motifs is 2. The van der Waals surface area contributed by atoms with Gasteiger partial charge in [-0.3, -0.25) is 0 Å². The Balaban J connectivity index is 1.85. The van der Waals surface area contributed by atoms with Gasteiger partial charge in [0, 0.05) is 6.04 Å². The van der Waals surface area contributed by atoms with E-state index in [9.17, 15) is 4.39 Å². The molecule has 2 saturated carbocycles. The van der Waals surface area contributed by atoms with Crippen LogP contribution < -0.4 is 5.32 Å². The summed E-state index contributed by atoms with van der Waals surface area (Å²) in [5.41, 5.74) is 1.21. The van der Waals surface area contributed by atoms with Crippen LogP contribution in [0.2, 0.25) is 0 Å². The van der Waals surface area contributed by atoms with Crippen molar-refractivity contribution in [2.24, 2.45) is 17.8 Å². The lowest BCUT2D eigenvalue weighted by molar-refractivity contribution is 0.259. The molecule has 1 N–H and O–H groups in total. The largest absolute Gasteiger partial charge is 0.313 e. The van der Waals surface area contributed by atoms with Crippen molar-refractivity contribution in [2.45, 2.75) is 31.7 Å². The molecule has 0 saturated heterocycles. The first-order valence-electron chi connectivity index (χ1n) is 6.81. The number of rotatable bonds is 3. The molecule has 1 aromatic carbocycles. The fraction of sp³-hybridized carbons (Fsp3) is 0.600. The third kappa shape index (κ3) is 2.12. The summed E-state index contributed by atoms with van der Waals surface area (Å²) in [7, 11) is 2.02. The zero-order chi connectivity index (χ0) is 12.7. The quantitative estimate of drug-likeness (QED) is 0.878. The molecule has 0 amide bonds. The van der Waals surface area contributed by atoms with Crippen LogP contribution >= 0.6 is 15.9 Å². The van der Waals surface area contributed by atoms with Crippen molar-refractivity contribution in [3.8, 4) is 0 Å². The van der Waals surface area contributed by atoms with Crippen LogP contribution in [-0.4, -0.2) is 7.05 Å². The maximum atomic E-state index is 13.3. The number of nitrogens with one attached hydrogen (secondary N) is 1. The predicted octanol–water partition coefficient (Wildman–Crippen LogP) is 4.28. The summed E-state index contributed by atoms with van der Waals surface area (Å²) in [6.07, 6.45) is 5.55. The molecule has 0 heterocycles. The van der Waals surface area contributed by atoms with Gasteiger partial charge in [0.05, 0.1) is 4.47 Å². The van der Waals surface area contributed by atoms with Crippen molar-refractivity contribution >= 4 is 15.9 Å². The third-order valence-corrected chi connectivity index (χ3v) is 5.44. The molecule has 3 heteroatoms. The summed E-state index contributed by atoms with van der Waals surface area (Å²) in [4.78, 5) is 0. The van der Waals surface area contributed by atoms with Crippen molar-refractivity contribution in [2.75, 3.05) is 7.05 Å². The molecule has 2 bridgehead atoms. The minimum atomic E-state index is -0.179. The summed E-state index contributed by atoms with van der Waals surface area (Å²) < 4.78 is 13.9. The van der Waals surface area contributed by atoms with Crippen LogP contribution in [0.25, 0.3) is 0 Å². The van der Waals surface area contributed by atoms with Crippen LogP contribution in [-0.2, 0) is 0 Å². The Kier molecular flexibility index (Phi) is 3.46. The lowest BCUT2D eigenvalue weighted by Crippen LogP contribution is -2.29. The Labute approximate surface area is 116 Å². The highest BCUT2D eigenvalue weighted by Crippen LogP contribution is 2.52. The molecular weight excluding hydrogens is 293 g/mol. The van der Waals surface area contributed by atoms with Crippen molar-refractivity contribution in [1.29, 1.82) is 0 Å². The molecule has 4 atom stereocenters. The predicted molar refractivity (Wildman–Crippen MR) is 74.8 cm³/mol. The van der Waals surface area contributed by atoms with Crippen LogP contribution in [0.5, 0.6) is 0 Å². The van der Waals surface area contributed by atoms with E-state index < -0.39 is 0 Å². The minimum absolute atomic E-state index is 0.179. The molecule has 0 radical (unpaired) electrons. The van der Waals surface area contributed by atoms with Gasteiger partial charge < -0.3 is 5.32 Å². The summed E-state index contributed by atoms with van der Waals surface area (Å²) >= 11 is 3.29. The Bertz CT molecular complexity index is 448. The highest BCUT2D eigenvalue weighted by molar-refractivity contribution is 9.10. The average molecular weight is 312 g/mol. The summed E-state index contributed by atoms with van der Waals surface area (Å²) in [5, 5.41) is 3.45. The van der Waals surface area contributed by atoms with Gasteiger partial charge in [-0.2, -0.15) is 0 Å². The van der Waals surface area contributed by atoms with Crippen LogP contribution in [0.4, 0.5) is 4.39 Å². The van der Waals surface area contributed by atoms with E-state index in [2.05, 4.69) is 21.2 Å². The SMILES string of the molecule is CNC(c1ccc(F)c(Br)c1)C1CC2CCC1C2. The molecule has 2 fully saturated rings. The standard InChI is InChI=1S/C15H19BrFN/c1-18-15(11-4-5-14(17)13(16)8-11)12-7-9-2-3-10(12)6-9/h4-5,8-10,12,15,18H,2-3,6-7H2,1H3. The first kappa shape index (κ1) is 12.6. The van der Waals surface area contributed by atoms with Gasteiger partial charge in [-0.1, -0.05) is 12.5 Å². The van der Waals surface area contributed by atoms with E-state index in [4.69, 9.17) is 0 Å². The Morgan fingerprint density at radius 3 is 2.72 bits per heavy atom. The highest BCUT2D eigenvalue weighted by Gasteiger charge is 2.43. The Morgan fingerprint density at radius 1 is 1.33 bits per heavy atom. The Morgan fingerprint density at radius 2 is 2.17 bits per heavy atom. The second-order valence-electron chi connectivity index (χ2n) is 5.78. The molecule has 0 aromatic heterocycles. The maximum absolute atomic E-state index is 13.3. The van der Waals surface area contributed by atoms with Crippen LogP contribution in [0, 0.1) is 23.6 Å². The van der Waals surface area contributed by atoms with Crippen LogP contribution in [0.15, 0.2) is 22.7 Å². The van der Waals surface area contributed by atoms with Gasteiger partial charge in [-0.15, -0.1) is 0 Å².